The van der Waals surface area contributed by atoms with Gasteiger partial charge in [-0.3, -0.25) is 0 Å². The minimum absolute atomic E-state index is 0. The average Bonchev–Trinajstić information content (AvgIpc) is 2.77. The second-order valence-electron chi connectivity index (χ2n) is 6.07. The molecule has 7 heteroatoms. The third kappa shape index (κ3) is 3.97. The molecule has 0 atom stereocenters. The van der Waals surface area contributed by atoms with Crippen LogP contribution >= 0.6 is 12.4 Å². The summed E-state index contributed by atoms with van der Waals surface area (Å²) in [6, 6.07) is 5.94. The van der Waals surface area contributed by atoms with Crippen molar-refractivity contribution in [2.24, 2.45) is 0 Å². The molecule has 1 saturated heterocycles. The third-order valence-electron chi connectivity index (χ3n) is 4.42. The molecule has 0 radical (unpaired) electrons. The number of nitrogens with zero attached hydrogens (tertiary/aromatic N) is 3. The maximum atomic E-state index is 6.14. The molecule has 0 amide bonds. The molecule has 0 bridgehead atoms. The first-order chi connectivity index (χ1) is 9.68. The summed E-state index contributed by atoms with van der Waals surface area (Å²) in [6.07, 6.45) is 6.02. The number of hydrogen-bond donors (Lipinski definition) is 2. The highest BCUT2D eigenvalue weighted by molar-refractivity contribution is 5.85. The quantitative estimate of drug-likeness (QED) is 0.726. The van der Waals surface area contributed by atoms with Crippen LogP contribution in [-0.2, 0) is 0 Å². The Morgan fingerprint density at radius 1 is 1.27 bits per heavy atom. The second-order valence-corrected chi connectivity index (χ2v) is 6.07. The van der Waals surface area contributed by atoms with Crippen LogP contribution in [0.1, 0.15) is 19.3 Å². The maximum Gasteiger partial charge on any atom is 0.172 e. The number of fused-ring (bicyclic) bond motifs is 1. The molecule has 2 aromatic heterocycles. The number of piperidine rings is 1. The lowest BCUT2D eigenvalue weighted by molar-refractivity contribution is -0.912. The van der Waals surface area contributed by atoms with E-state index in [2.05, 4.69) is 17.5 Å². The lowest BCUT2D eigenvalue weighted by Crippen LogP contribution is -3.00. The molecule has 22 heavy (non-hydrogen) atoms. The summed E-state index contributed by atoms with van der Waals surface area (Å²) < 4.78 is 3.00. The zero-order valence-electron chi connectivity index (χ0n) is 13.0. The number of anilines is 2. The first-order valence-corrected chi connectivity index (χ1v) is 7.48. The van der Waals surface area contributed by atoms with Crippen molar-refractivity contribution < 1.29 is 16.9 Å². The zero-order chi connectivity index (χ0) is 14.0. The Labute approximate surface area is 144 Å². The lowest BCUT2D eigenvalue weighted by atomic mass is 10.1. The smallest absolute Gasteiger partial charge is 0.172 e. The van der Waals surface area contributed by atoms with E-state index in [0.717, 1.165) is 30.1 Å². The number of nitrogens with two attached hydrogens (primary N) is 1. The Morgan fingerprint density at radius 3 is 2.68 bits per heavy atom. The van der Waals surface area contributed by atoms with Gasteiger partial charge in [-0.15, -0.1) is 17.5 Å². The van der Waals surface area contributed by atoms with Crippen molar-refractivity contribution in [2.45, 2.75) is 19.3 Å². The van der Waals surface area contributed by atoms with E-state index >= 15 is 0 Å². The van der Waals surface area contributed by atoms with Gasteiger partial charge in [0.15, 0.2) is 5.82 Å². The largest absolute Gasteiger partial charge is 1.00 e. The molecule has 1 aliphatic rings. The summed E-state index contributed by atoms with van der Waals surface area (Å²) in [5.41, 5.74) is 7.85. The first-order valence-electron chi connectivity index (χ1n) is 7.48. The minimum atomic E-state index is 0. The molecule has 0 aromatic carbocycles. The summed E-state index contributed by atoms with van der Waals surface area (Å²) in [5, 5.41) is 7.89. The van der Waals surface area contributed by atoms with Gasteiger partial charge in [-0.05, 0) is 31.4 Å². The fourth-order valence-corrected chi connectivity index (χ4v) is 3.09. The number of hydrogen-bond acceptors (Lipinski definition) is 3. The van der Waals surface area contributed by atoms with E-state index < -0.39 is 0 Å². The van der Waals surface area contributed by atoms with Crippen LogP contribution in [-0.4, -0.2) is 47.3 Å². The van der Waals surface area contributed by atoms with Crippen LogP contribution in [0.2, 0.25) is 0 Å². The van der Waals surface area contributed by atoms with Crippen LogP contribution in [0.3, 0.4) is 0 Å². The zero-order valence-corrected chi connectivity index (χ0v) is 14.5. The molecule has 0 unspecified atom stereocenters. The molecule has 0 aliphatic carbocycles. The van der Waals surface area contributed by atoms with Gasteiger partial charge in [0.25, 0.3) is 0 Å². The van der Waals surface area contributed by atoms with Gasteiger partial charge in [-0.1, -0.05) is 6.07 Å². The van der Waals surface area contributed by atoms with Gasteiger partial charge in [-0.2, -0.15) is 0 Å². The predicted molar refractivity (Wildman–Crippen MR) is 90.0 cm³/mol. The van der Waals surface area contributed by atoms with E-state index in [1.54, 1.807) is 0 Å². The topological polar surface area (TPSA) is 55.4 Å². The van der Waals surface area contributed by atoms with Gasteiger partial charge in [0.2, 0.25) is 0 Å². The van der Waals surface area contributed by atoms with Crippen LogP contribution < -0.4 is 23.5 Å². The second kappa shape index (κ2) is 7.90. The van der Waals surface area contributed by atoms with Crippen molar-refractivity contribution in [3.63, 3.8) is 0 Å². The summed E-state index contributed by atoms with van der Waals surface area (Å²) >= 11 is 0. The highest BCUT2D eigenvalue weighted by atomic mass is 35.5. The molecule has 3 rings (SSSR count). The van der Waals surface area contributed by atoms with E-state index in [4.69, 9.17) is 5.73 Å². The van der Waals surface area contributed by atoms with E-state index in [9.17, 15) is 0 Å². The molecule has 1 aliphatic heterocycles. The van der Waals surface area contributed by atoms with E-state index in [0.29, 0.717) is 0 Å². The molecule has 3 heterocycles. The Bertz CT molecular complexity index is 593. The maximum absolute atomic E-state index is 6.14. The minimum Gasteiger partial charge on any atom is -1.00 e. The van der Waals surface area contributed by atoms with Gasteiger partial charge < -0.3 is 27.9 Å². The van der Waals surface area contributed by atoms with Crippen molar-refractivity contribution >= 4 is 29.4 Å². The summed E-state index contributed by atoms with van der Waals surface area (Å²) in [4.78, 5) is 0. The molecule has 124 valence electrons. The number of aromatic nitrogens is 2. The lowest BCUT2D eigenvalue weighted by Gasteiger charge is -2.37. The van der Waals surface area contributed by atoms with Crippen LogP contribution in [0.5, 0.6) is 0 Å². The summed E-state index contributed by atoms with van der Waals surface area (Å²) in [6.45, 7) is 4.64. The standard InChI is InChI=1S/C15H24N5.2ClH/c1-20(10-5-2-6-11-20)12-8-17-15-14(16)13-7-3-4-9-19(13)18-15;;/h3-4,7,9H,2,5-6,8,10-12,16H2,1H3,(H,17,18);2*1H/q+1;;/p-1. The average molecular weight is 346 g/mol. The number of quaternary nitrogens is 1. The molecular weight excluding hydrogens is 321 g/mol. The molecule has 3 N–H and O–H groups in total. The number of halogens is 2. The Balaban J connectivity index is 0.00000121. The van der Waals surface area contributed by atoms with Crippen molar-refractivity contribution in [2.75, 3.05) is 44.3 Å². The van der Waals surface area contributed by atoms with Crippen molar-refractivity contribution in [1.82, 2.24) is 9.61 Å². The molecular formula is C15H25Cl2N5. The van der Waals surface area contributed by atoms with Gasteiger partial charge in [-0.25, -0.2) is 4.52 Å². The number of pyridine rings is 1. The Kier molecular flexibility index (Phi) is 6.78. The van der Waals surface area contributed by atoms with Crippen LogP contribution in [0.25, 0.3) is 5.52 Å². The van der Waals surface area contributed by atoms with E-state index in [1.165, 1.54) is 36.8 Å². The fraction of sp³-hybridized carbons (Fsp3) is 0.533. The first kappa shape index (κ1) is 18.9. The van der Waals surface area contributed by atoms with Gasteiger partial charge >= 0.3 is 0 Å². The van der Waals surface area contributed by atoms with E-state index in [-0.39, 0.29) is 24.8 Å². The van der Waals surface area contributed by atoms with Crippen LogP contribution in [0, 0.1) is 0 Å². The fourth-order valence-electron chi connectivity index (χ4n) is 3.09. The monoisotopic (exact) mass is 345 g/mol. The molecule has 5 nitrogen and oxygen atoms in total. The number of likely N-dealkylation sites (N-methyl/N-ethyl adjacent to an activating group) is 1. The molecule has 2 aromatic rings. The number of nitrogen functional groups attached to an aromatic ring is 1. The van der Waals surface area contributed by atoms with E-state index in [1.807, 2.05) is 28.9 Å². The van der Waals surface area contributed by atoms with Gasteiger partial charge in [0.05, 0.1) is 38.7 Å². The molecule has 0 saturated carbocycles. The normalized spacial score (nSPS) is 16.6. The highest BCUT2D eigenvalue weighted by Gasteiger charge is 2.24. The predicted octanol–water partition coefficient (Wildman–Crippen LogP) is -0.615. The SMILES string of the molecule is C[N+]1(CCNc2nn3ccccc3c2N)CCCCC1.Cl.[Cl-]. The van der Waals surface area contributed by atoms with Crippen molar-refractivity contribution in [1.29, 1.82) is 0 Å². The summed E-state index contributed by atoms with van der Waals surface area (Å²) in [7, 11) is 2.36. The van der Waals surface area contributed by atoms with Crippen molar-refractivity contribution in [3.8, 4) is 0 Å². The van der Waals surface area contributed by atoms with Gasteiger partial charge in [0, 0.05) is 6.20 Å². The van der Waals surface area contributed by atoms with Crippen LogP contribution in [0.15, 0.2) is 24.4 Å². The number of likely N-dealkylation sites (tertiary alicyclic amines) is 1. The number of rotatable bonds is 4. The summed E-state index contributed by atoms with van der Waals surface area (Å²) in [5.74, 6) is 0.805. The van der Waals surface area contributed by atoms with Gasteiger partial charge in [0.1, 0.15) is 5.69 Å². The Hall–Kier alpha value is -1.17. The molecule has 1 fully saturated rings. The van der Waals surface area contributed by atoms with Crippen LogP contribution in [0.4, 0.5) is 11.5 Å². The number of nitrogens with one attached hydrogen (secondary N) is 1. The highest BCUT2D eigenvalue weighted by Crippen LogP contribution is 2.22. The molecule has 0 spiro atoms. The van der Waals surface area contributed by atoms with Crippen molar-refractivity contribution in [3.05, 3.63) is 24.4 Å². The third-order valence-corrected chi connectivity index (χ3v) is 4.42. The Morgan fingerprint density at radius 2 is 2.00 bits per heavy atom.